The zero-order chi connectivity index (χ0) is 13.8. The average molecular weight is 261 g/mol. The van der Waals surface area contributed by atoms with E-state index in [0.29, 0.717) is 5.56 Å². The Balaban J connectivity index is 2.28. The third-order valence-electron chi connectivity index (χ3n) is 2.65. The van der Waals surface area contributed by atoms with Gasteiger partial charge in [-0.15, -0.1) is 0 Å². The highest BCUT2D eigenvalue weighted by Crippen LogP contribution is 2.18. The molecule has 0 aliphatic heterocycles. The van der Waals surface area contributed by atoms with E-state index in [0.717, 1.165) is 0 Å². The van der Waals surface area contributed by atoms with Gasteiger partial charge in [0, 0.05) is 25.4 Å². The third kappa shape index (κ3) is 2.85. The van der Waals surface area contributed by atoms with Crippen LogP contribution in [-0.4, -0.2) is 28.1 Å². The van der Waals surface area contributed by atoms with Crippen molar-refractivity contribution < 1.29 is 14.3 Å². The number of rotatable bonds is 4. The van der Waals surface area contributed by atoms with Crippen LogP contribution in [0.5, 0.6) is 0 Å². The average Bonchev–Trinajstić information content (AvgIpc) is 2.41. The van der Waals surface area contributed by atoms with Crippen LogP contribution in [0.2, 0.25) is 0 Å². The number of hydrogen-bond acceptors (Lipinski definition) is 4. The number of carboxylic acid groups (broad SMARTS) is 1. The molecule has 0 unspecified atom stereocenters. The molecule has 0 amide bonds. The maximum Gasteiger partial charge on any atom is 0.341 e. The first-order chi connectivity index (χ1) is 9.09. The molecular weight excluding hydrogens is 249 g/mol. The van der Waals surface area contributed by atoms with Crippen LogP contribution in [0, 0.1) is 5.82 Å². The van der Waals surface area contributed by atoms with Gasteiger partial charge in [0.1, 0.15) is 23.5 Å². The van der Waals surface area contributed by atoms with E-state index in [1.165, 1.54) is 18.6 Å². The topological polar surface area (TPSA) is 66.3 Å². The van der Waals surface area contributed by atoms with Gasteiger partial charge in [-0.2, -0.15) is 0 Å². The Hall–Kier alpha value is -2.50. The van der Waals surface area contributed by atoms with Gasteiger partial charge in [0.15, 0.2) is 0 Å². The van der Waals surface area contributed by atoms with E-state index in [-0.39, 0.29) is 23.7 Å². The van der Waals surface area contributed by atoms with Crippen molar-refractivity contribution in [2.24, 2.45) is 0 Å². The summed E-state index contributed by atoms with van der Waals surface area (Å²) in [6, 6.07) is 6.34. The number of nitrogens with zero attached hydrogens (tertiary/aromatic N) is 3. The van der Waals surface area contributed by atoms with Crippen molar-refractivity contribution in [3.8, 4) is 0 Å². The van der Waals surface area contributed by atoms with Crippen molar-refractivity contribution in [3.05, 3.63) is 53.7 Å². The van der Waals surface area contributed by atoms with Crippen LogP contribution in [0.3, 0.4) is 0 Å². The molecule has 0 saturated carbocycles. The lowest BCUT2D eigenvalue weighted by molar-refractivity contribution is 0.0696. The Morgan fingerprint density at radius 3 is 2.84 bits per heavy atom. The SMILES string of the molecule is CN(Cc1ccccc1F)c1ncncc1C(=O)O. The second-order valence-corrected chi connectivity index (χ2v) is 4.01. The predicted octanol–water partition coefficient (Wildman–Crippen LogP) is 1.95. The van der Waals surface area contributed by atoms with E-state index in [4.69, 9.17) is 5.11 Å². The molecule has 1 N–H and O–H groups in total. The standard InChI is InChI=1S/C13H12FN3O2/c1-17(7-9-4-2-3-5-11(9)14)12-10(13(18)19)6-15-8-16-12/h2-6,8H,7H2,1H3,(H,18,19). The second kappa shape index (κ2) is 5.43. The molecule has 0 radical (unpaired) electrons. The Kier molecular flexibility index (Phi) is 3.70. The summed E-state index contributed by atoms with van der Waals surface area (Å²) in [6.07, 6.45) is 2.49. The molecule has 2 rings (SSSR count). The Bertz CT molecular complexity index is 604. The van der Waals surface area contributed by atoms with Crippen LogP contribution in [0.4, 0.5) is 10.2 Å². The Morgan fingerprint density at radius 2 is 2.16 bits per heavy atom. The molecule has 0 aliphatic rings. The number of hydrogen-bond donors (Lipinski definition) is 1. The number of carboxylic acids is 1. The number of aromatic carboxylic acids is 1. The normalized spacial score (nSPS) is 10.2. The molecule has 1 aromatic carbocycles. The van der Waals surface area contributed by atoms with Crippen molar-refractivity contribution in [1.29, 1.82) is 0 Å². The minimum Gasteiger partial charge on any atom is -0.477 e. The molecule has 5 nitrogen and oxygen atoms in total. The maximum absolute atomic E-state index is 13.5. The molecule has 98 valence electrons. The van der Waals surface area contributed by atoms with Crippen molar-refractivity contribution >= 4 is 11.8 Å². The molecule has 19 heavy (non-hydrogen) atoms. The van der Waals surface area contributed by atoms with Gasteiger partial charge in [0.25, 0.3) is 0 Å². The lowest BCUT2D eigenvalue weighted by Crippen LogP contribution is -2.21. The van der Waals surface area contributed by atoms with E-state index in [9.17, 15) is 9.18 Å². The number of benzene rings is 1. The minimum atomic E-state index is -1.11. The van der Waals surface area contributed by atoms with E-state index in [1.54, 1.807) is 30.1 Å². The first-order valence-corrected chi connectivity index (χ1v) is 5.57. The van der Waals surface area contributed by atoms with Crippen molar-refractivity contribution in [1.82, 2.24) is 9.97 Å². The lowest BCUT2D eigenvalue weighted by Gasteiger charge is -2.19. The monoisotopic (exact) mass is 261 g/mol. The number of carbonyl (C=O) groups is 1. The molecule has 1 aromatic heterocycles. The van der Waals surface area contributed by atoms with E-state index < -0.39 is 5.97 Å². The van der Waals surface area contributed by atoms with Gasteiger partial charge in [-0.05, 0) is 6.07 Å². The summed E-state index contributed by atoms with van der Waals surface area (Å²) in [5.41, 5.74) is 0.460. The zero-order valence-electron chi connectivity index (χ0n) is 10.2. The van der Waals surface area contributed by atoms with Crippen molar-refractivity contribution in [3.63, 3.8) is 0 Å². The fourth-order valence-corrected chi connectivity index (χ4v) is 1.74. The van der Waals surface area contributed by atoms with Gasteiger partial charge in [0.05, 0.1) is 0 Å². The van der Waals surface area contributed by atoms with Crippen molar-refractivity contribution in [2.45, 2.75) is 6.54 Å². The van der Waals surface area contributed by atoms with Crippen LogP contribution in [-0.2, 0) is 6.54 Å². The highest BCUT2D eigenvalue weighted by Gasteiger charge is 2.16. The van der Waals surface area contributed by atoms with Crippen molar-refractivity contribution in [2.75, 3.05) is 11.9 Å². The molecule has 0 spiro atoms. The lowest BCUT2D eigenvalue weighted by atomic mass is 10.2. The number of anilines is 1. The summed E-state index contributed by atoms with van der Waals surface area (Å²) in [4.78, 5) is 20.3. The third-order valence-corrected chi connectivity index (χ3v) is 2.65. The predicted molar refractivity (Wildman–Crippen MR) is 67.5 cm³/mol. The summed E-state index contributed by atoms with van der Waals surface area (Å²) >= 11 is 0. The molecule has 0 atom stereocenters. The van der Waals surface area contributed by atoms with Gasteiger partial charge in [-0.1, -0.05) is 18.2 Å². The summed E-state index contributed by atoms with van der Waals surface area (Å²) in [5.74, 6) is -1.19. The summed E-state index contributed by atoms with van der Waals surface area (Å²) in [6.45, 7) is 0.226. The fraction of sp³-hybridized carbons (Fsp3) is 0.154. The van der Waals surface area contributed by atoms with Crippen LogP contribution < -0.4 is 4.90 Å². The number of aromatic nitrogens is 2. The smallest absolute Gasteiger partial charge is 0.341 e. The van der Waals surface area contributed by atoms with Gasteiger partial charge in [-0.25, -0.2) is 19.2 Å². The molecule has 2 aromatic rings. The van der Waals surface area contributed by atoms with Crippen LogP contribution >= 0.6 is 0 Å². The summed E-state index contributed by atoms with van der Waals surface area (Å²) in [5, 5.41) is 9.05. The molecule has 6 heteroatoms. The van der Waals surface area contributed by atoms with Crippen LogP contribution in [0.1, 0.15) is 15.9 Å². The first kappa shape index (κ1) is 12.9. The Morgan fingerprint density at radius 1 is 1.42 bits per heavy atom. The fourth-order valence-electron chi connectivity index (χ4n) is 1.74. The van der Waals surface area contributed by atoms with E-state index in [2.05, 4.69) is 9.97 Å². The quantitative estimate of drug-likeness (QED) is 0.911. The highest BCUT2D eigenvalue weighted by atomic mass is 19.1. The minimum absolute atomic E-state index is 0.0126. The zero-order valence-corrected chi connectivity index (χ0v) is 10.2. The first-order valence-electron chi connectivity index (χ1n) is 5.57. The number of halogens is 1. The molecule has 0 fully saturated rings. The van der Waals surface area contributed by atoms with Gasteiger partial charge >= 0.3 is 5.97 Å². The summed E-state index contributed by atoms with van der Waals surface area (Å²) in [7, 11) is 1.65. The second-order valence-electron chi connectivity index (χ2n) is 4.01. The highest BCUT2D eigenvalue weighted by molar-refractivity contribution is 5.92. The summed E-state index contributed by atoms with van der Waals surface area (Å²) < 4.78 is 13.5. The molecule has 0 bridgehead atoms. The van der Waals surface area contributed by atoms with E-state index >= 15 is 0 Å². The van der Waals surface area contributed by atoms with Gasteiger partial charge in [0.2, 0.25) is 0 Å². The van der Waals surface area contributed by atoms with E-state index in [1.807, 2.05) is 0 Å². The molecular formula is C13H12FN3O2. The molecule has 0 aliphatic carbocycles. The maximum atomic E-state index is 13.5. The van der Waals surface area contributed by atoms with Crippen LogP contribution in [0.15, 0.2) is 36.8 Å². The Labute approximate surface area is 109 Å². The van der Waals surface area contributed by atoms with Gasteiger partial charge < -0.3 is 10.0 Å². The molecule has 1 heterocycles. The van der Waals surface area contributed by atoms with Crippen LogP contribution in [0.25, 0.3) is 0 Å². The largest absolute Gasteiger partial charge is 0.477 e. The molecule has 0 saturated heterocycles. The van der Waals surface area contributed by atoms with Gasteiger partial charge in [-0.3, -0.25) is 0 Å².